The summed E-state index contributed by atoms with van der Waals surface area (Å²) in [4.78, 5) is 30.0. The second-order valence-electron chi connectivity index (χ2n) is 8.80. The van der Waals surface area contributed by atoms with Crippen LogP contribution in [0.15, 0.2) is 91.0 Å². The van der Waals surface area contributed by atoms with Crippen molar-refractivity contribution < 1.29 is 14.3 Å². The smallest absolute Gasteiger partial charge is 0.410 e. The van der Waals surface area contributed by atoms with E-state index in [1.165, 1.54) is 5.56 Å². The molecule has 0 saturated carbocycles. The molecule has 3 aromatic carbocycles. The second kappa shape index (κ2) is 12.7. The second-order valence-corrected chi connectivity index (χ2v) is 8.80. The molecular formula is C29H33N3O3. The number of likely N-dealkylation sites (tertiary alicyclic amines) is 1. The molecule has 4 rings (SSSR count). The van der Waals surface area contributed by atoms with Crippen molar-refractivity contribution in [3.8, 4) is 0 Å². The molecule has 0 radical (unpaired) electrons. The van der Waals surface area contributed by atoms with Gasteiger partial charge in [0, 0.05) is 32.7 Å². The zero-order valence-corrected chi connectivity index (χ0v) is 20.0. The van der Waals surface area contributed by atoms with Gasteiger partial charge in [0.2, 0.25) is 5.91 Å². The van der Waals surface area contributed by atoms with Crippen molar-refractivity contribution in [3.05, 3.63) is 108 Å². The van der Waals surface area contributed by atoms with Gasteiger partial charge in [0.1, 0.15) is 12.6 Å². The SMILES string of the molecule is O=C([C@@H]1CCCN1C(=O)OCc1ccccc1)N(CCNCc1ccccc1)Cc1ccccc1. The molecule has 1 N–H and O–H groups in total. The average molecular weight is 472 g/mol. The van der Waals surface area contributed by atoms with Gasteiger partial charge in [-0.3, -0.25) is 9.69 Å². The van der Waals surface area contributed by atoms with Crippen LogP contribution in [0.1, 0.15) is 29.5 Å². The molecule has 1 aliphatic heterocycles. The third-order valence-electron chi connectivity index (χ3n) is 6.24. The van der Waals surface area contributed by atoms with Crippen LogP contribution in [0, 0.1) is 0 Å². The zero-order valence-electron chi connectivity index (χ0n) is 20.0. The lowest BCUT2D eigenvalue weighted by Crippen LogP contribution is -2.49. The van der Waals surface area contributed by atoms with Gasteiger partial charge in [-0.05, 0) is 29.5 Å². The Bertz CT molecular complexity index is 1060. The lowest BCUT2D eigenvalue weighted by atomic mass is 10.1. The van der Waals surface area contributed by atoms with E-state index >= 15 is 0 Å². The standard InChI is InChI=1S/C29H33N3O3/c33-28(27-17-10-19-32(27)29(34)35-23-26-15-8-3-9-16-26)31(22-25-13-6-2-7-14-25)20-18-30-21-24-11-4-1-5-12-24/h1-9,11-16,27,30H,10,17-23H2/t27-/m0/s1. The minimum absolute atomic E-state index is 0.0236. The van der Waals surface area contributed by atoms with Gasteiger partial charge in [-0.1, -0.05) is 91.0 Å². The maximum Gasteiger partial charge on any atom is 0.410 e. The first kappa shape index (κ1) is 24.5. The number of hydrogen-bond donors (Lipinski definition) is 1. The van der Waals surface area contributed by atoms with E-state index in [-0.39, 0.29) is 12.5 Å². The molecule has 0 spiro atoms. The number of nitrogens with one attached hydrogen (secondary N) is 1. The summed E-state index contributed by atoms with van der Waals surface area (Å²) in [5.74, 6) is -0.0236. The van der Waals surface area contributed by atoms with Crippen molar-refractivity contribution in [2.75, 3.05) is 19.6 Å². The number of carbonyl (C=O) groups is 2. The number of ether oxygens (including phenoxy) is 1. The molecule has 1 aliphatic rings. The Morgan fingerprint density at radius 2 is 1.46 bits per heavy atom. The predicted molar refractivity (Wildman–Crippen MR) is 136 cm³/mol. The summed E-state index contributed by atoms with van der Waals surface area (Å²) < 4.78 is 5.54. The molecule has 1 saturated heterocycles. The Balaban J connectivity index is 1.37. The minimum atomic E-state index is -0.490. The van der Waals surface area contributed by atoms with Crippen LogP contribution in [0.25, 0.3) is 0 Å². The van der Waals surface area contributed by atoms with E-state index < -0.39 is 12.1 Å². The van der Waals surface area contributed by atoms with Crippen LogP contribution in [0.5, 0.6) is 0 Å². The van der Waals surface area contributed by atoms with Crippen LogP contribution in [0.2, 0.25) is 0 Å². The van der Waals surface area contributed by atoms with E-state index in [1.807, 2.05) is 83.8 Å². The first-order chi connectivity index (χ1) is 17.2. The number of benzene rings is 3. The quantitative estimate of drug-likeness (QED) is 0.439. The van der Waals surface area contributed by atoms with Crippen LogP contribution in [0.3, 0.4) is 0 Å². The highest BCUT2D eigenvalue weighted by atomic mass is 16.6. The molecule has 3 aromatic rings. The number of amides is 2. The molecule has 0 bridgehead atoms. The molecule has 6 heteroatoms. The highest BCUT2D eigenvalue weighted by molar-refractivity contribution is 5.86. The first-order valence-electron chi connectivity index (χ1n) is 12.3. The van der Waals surface area contributed by atoms with E-state index in [0.29, 0.717) is 32.6 Å². The molecule has 1 fully saturated rings. The molecule has 0 unspecified atom stereocenters. The number of rotatable bonds is 10. The minimum Gasteiger partial charge on any atom is -0.445 e. The van der Waals surface area contributed by atoms with Crippen LogP contribution < -0.4 is 5.32 Å². The lowest BCUT2D eigenvalue weighted by molar-refractivity contribution is -0.136. The summed E-state index contributed by atoms with van der Waals surface area (Å²) in [6.45, 7) is 3.22. The van der Waals surface area contributed by atoms with Crippen LogP contribution in [-0.2, 0) is 29.2 Å². The van der Waals surface area contributed by atoms with Crippen LogP contribution >= 0.6 is 0 Å². The first-order valence-corrected chi connectivity index (χ1v) is 12.3. The van der Waals surface area contributed by atoms with Gasteiger partial charge in [0.05, 0.1) is 0 Å². The number of hydrogen-bond acceptors (Lipinski definition) is 4. The van der Waals surface area contributed by atoms with Crippen molar-refractivity contribution in [1.82, 2.24) is 15.1 Å². The summed E-state index contributed by atoms with van der Waals surface area (Å²) >= 11 is 0. The molecule has 6 nitrogen and oxygen atoms in total. The summed E-state index contributed by atoms with van der Waals surface area (Å²) in [5, 5.41) is 3.44. The fourth-order valence-corrected chi connectivity index (χ4v) is 4.37. The third kappa shape index (κ3) is 7.17. The van der Waals surface area contributed by atoms with E-state index in [2.05, 4.69) is 17.4 Å². The Morgan fingerprint density at radius 3 is 2.11 bits per heavy atom. The van der Waals surface area contributed by atoms with Gasteiger partial charge in [0.25, 0.3) is 0 Å². The fraction of sp³-hybridized carbons (Fsp3) is 0.310. The van der Waals surface area contributed by atoms with Crippen molar-refractivity contribution in [2.24, 2.45) is 0 Å². The van der Waals surface area contributed by atoms with E-state index in [4.69, 9.17) is 4.74 Å². The topological polar surface area (TPSA) is 61.9 Å². The van der Waals surface area contributed by atoms with Gasteiger partial charge in [-0.2, -0.15) is 0 Å². The largest absolute Gasteiger partial charge is 0.445 e. The maximum absolute atomic E-state index is 13.7. The molecule has 1 heterocycles. The summed E-state index contributed by atoms with van der Waals surface area (Å²) in [7, 11) is 0. The molecular weight excluding hydrogens is 438 g/mol. The van der Waals surface area contributed by atoms with E-state index in [1.54, 1.807) is 4.90 Å². The van der Waals surface area contributed by atoms with Gasteiger partial charge < -0.3 is 15.0 Å². The van der Waals surface area contributed by atoms with Gasteiger partial charge >= 0.3 is 6.09 Å². The Labute approximate surface area is 207 Å². The van der Waals surface area contributed by atoms with Gasteiger partial charge in [0.15, 0.2) is 0 Å². The van der Waals surface area contributed by atoms with Crippen molar-refractivity contribution in [3.63, 3.8) is 0 Å². The molecule has 0 aromatic heterocycles. The molecule has 2 amide bonds. The predicted octanol–water partition coefficient (Wildman–Crippen LogP) is 4.61. The van der Waals surface area contributed by atoms with Crippen molar-refractivity contribution in [1.29, 1.82) is 0 Å². The third-order valence-corrected chi connectivity index (χ3v) is 6.24. The Kier molecular flexibility index (Phi) is 8.90. The molecule has 182 valence electrons. The average Bonchev–Trinajstić information content (AvgIpc) is 3.41. The fourth-order valence-electron chi connectivity index (χ4n) is 4.37. The highest BCUT2D eigenvalue weighted by Crippen LogP contribution is 2.22. The Morgan fingerprint density at radius 1 is 0.857 bits per heavy atom. The summed E-state index contributed by atoms with van der Waals surface area (Å²) in [6.07, 6.45) is 1.02. The zero-order chi connectivity index (χ0) is 24.3. The van der Waals surface area contributed by atoms with Gasteiger partial charge in [-0.15, -0.1) is 0 Å². The summed E-state index contributed by atoms with van der Waals surface area (Å²) in [5.41, 5.74) is 3.20. The monoisotopic (exact) mass is 471 g/mol. The van der Waals surface area contributed by atoms with E-state index in [0.717, 1.165) is 24.1 Å². The van der Waals surface area contributed by atoms with Crippen LogP contribution in [0.4, 0.5) is 4.79 Å². The number of nitrogens with zero attached hydrogens (tertiary/aromatic N) is 2. The van der Waals surface area contributed by atoms with Crippen LogP contribution in [-0.4, -0.2) is 47.5 Å². The maximum atomic E-state index is 13.7. The van der Waals surface area contributed by atoms with Crippen molar-refractivity contribution in [2.45, 2.75) is 38.6 Å². The Hall–Kier alpha value is -3.64. The molecule has 35 heavy (non-hydrogen) atoms. The number of carbonyl (C=O) groups excluding carboxylic acids is 2. The summed E-state index contributed by atoms with van der Waals surface area (Å²) in [6, 6.07) is 29.3. The lowest BCUT2D eigenvalue weighted by Gasteiger charge is -2.30. The van der Waals surface area contributed by atoms with Gasteiger partial charge in [-0.25, -0.2) is 4.79 Å². The highest BCUT2D eigenvalue weighted by Gasteiger charge is 2.37. The molecule has 1 atom stereocenters. The normalized spacial score (nSPS) is 15.1. The van der Waals surface area contributed by atoms with E-state index in [9.17, 15) is 9.59 Å². The molecule has 0 aliphatic carbocycles. The van der Waals surface area contributed by atoms with Crippen molar-refractivity contribution >= 4 is 12.0 Å².